The Hall–Kier alpha value is -2.77. The Bertz CT molecular complexity index is 1240. The van der Waals surface area contributed by atoms with Crippen LogP contribution in [0.2, 0.25) is 0 Å². The third-order valence-electron chi connectivity index (χ3n) is 7.04. The van der Waals surface area contributed by atoms with Gasteiger partial charge in [-0.3, -0.25) is 9.59 Å². The molecule has 178 valence electrons. The maximum atomic E-state index is 13.8. The van der Waals surface area contributed by atoms with E-state index in [-0.39, 0.29) is 17.9 Å². The third-order valence-corrected chi connectivity index (χ3v) is 7.98. The first-order chi connectivity index (χ1) is 16.2. The fourth-order valence-corrected chi connectivity index (χ4v) is 5.72. The molecule has 0 spiro atoms. The lowest BCUT2D eigenvalue weighted by Gasteiger charge is -2.36. The minimum atomic E-state index is -0.809. The zero-order chi connectivity index (χ0) is 24.1. The maximum Gasteiger partial charge on any atom is 0.246 e. The van der Waals surface area contributed by atoms with Crippen molar-refractivity contribution in [3.05, 3.63) is 52.9 Å². The highest BCUT2D eigenvalue weighted by molar-refractivity contribution is 7.10. The second-order valence-electron chi connectivity index (χ2n) is 10.7. The summed E-state index contributed by atoms with van der Waals surface area (Å²) >= 11 is 1.61. The van der Waals surface area contributed by atoms with E-state index in [9.17, 15) is 9.59 Å². The van der Waals surface area contributed by atoms with Crippen molar-refractivity contribution in [3.63, 3.8) is 0 Å². The fourth-order valence-electron chi connectivity index (χ4n) is 4.75. The number of rotatable bonds is 5. The van der Waals surface area contributed by atoms with Gasteiger partial charge < -0.3 is 16.0 Å². The van der Waals surface area contributed by atoms with E-state index in [1.54, 1.807) is 11.3 Å². The lowest BCUT2D eigenvalue weighted by Crippen LogP contribution is -2.58. The standard InChI is InChI=1S/C27H32N4O2S/c1-26(2,3)22(30-25(33)27(28)13-14-27)24(32)31-15-7-12-21(31)23-29-20(16-34-23)19-11-6-9-17-8-4-5-10-18(17)19/h4-6,8-11,16,21-22H,7,12-15,28H2,1-3H3,(H,30,33)/t21-,22+/m0/s1. The molecule has 1 aliphatic carbocycles. The van der Waals surface area contributed by atoms with Crippen LogP contribution in [-0.4, -0.2) is 39.8 Å². The van der Waals surface area contributed by atoms with Crippen molar-refractivity contribution in [2.45, 2.75) is 64.1 Å². The van der Waals surface area contributed by atoms with Gasteiger partial charge in [-0.2, -0.15) is 0 Å². The Balaban J connectivity index is 1.41. The Labute approximate surface area is 204 Å². The number of fused-ring (bicyclic) bond motifs is 1. The molecule has 5 rings (SSSR count). The third kappa shape index (κ3) is 4.23. The quantitative estimate of drug-likeness (QED) is 0.561. The molecule has 2 aliphatic rings. The molecule has 7 heteroatoms. The van der Waals surface area contributed by atoms with Crippen LogP contribution in [0.5, 0.6) is 0 Å². The fraction of sp³-hybridized carbons (Fsp3) is 0.444. The Morgan fingerprint density at radius 3 is 2.65 bits per heavy atom. The van der Waals surface area contributed by atoms with E-state index < -0.39 is 17.0 Å². The van der Waals surface area contributed by atoms with E-state index in [0.717, 1.165) is 29.1 Å². The van der Waals surface area contributed by atoms with Gasteiger partial charge in [0, 0.05) is 17.5 Å². The molecule has 1 aliphatic heterocycles. The van der Waals surface area contributed by atoms with E-state index in [1.165, 1.54) is 10.8 Å². The summed E-state index contributed by atoms with van der Waals surface area (Å²) in [7, 11) is 0. The van der Waals surface area contributed by atoms with Crippen LogP contribution < -0.4 is 11.1 Å². The molecule has 1 saturated heterocycles. The molecule has 2 fully saturated rings. The average molecular weight is 477 g/mol. The number of likely N-dealkylation sites (tertiary alicyclic amines) is 1. The zero-order valence-corrected chi connectivity index (χ0v) is 20.8. The highest BCUT2D eigenvalue weighted by Crippen LogP contribution is 2.39. The van der Waals surface area contributed by atoms with Crippen LogP contribution in [0.25, 0.3) is 22.0 Å². The largest absolute Gasteiger partial charge is 0.342 e. The number of nitrogens with one attached hydrogen (secondary N) is 1. The van der Waals surface area contributed by atoms with Crippen LogP contribution >= 0.6 is 11.3 Å². The van der Waals surface area contributed by atoms with Crippen molar-refractivity contribution in [2.75, 3.05) is 6.54 Å². The summed E-state index contributed by atoms with van der Waals surface area (Å²) in [6.07, 6.45) is 3.14. The lowest BCUT2D eigenvalue weighted by molar-refractivity contribution is -0.140. The Kier molecular flexibility index (Phi) is 5.73. The second-order valence-corrected chi connectivity index (χ2v) is 11.6. The number of nitrogens with two attached hydrogens (primary N) is 1. The van der Waals surface area contributed by atoms with Gasteiger partial charge in [-0.25, -0.2) is 4.98 Å². The van der Waals surface area contributed by atoms with Gasteiger partial charge in [-0.1, -0.05) is 63.2 Å². The smallest absolute Gasteiger partial charge is 0.246 e. The summed E-state index contributed by atoms with van der Waals surface area (Å²) in [5.74, 6) is -0.265. The van der Waals surface area contributed by atoms with E-state index in [1.807, 2.05) is 37.8 Å². The van der Waals surface area contributed by atoms with E-state index in [4.69, 9.17) is 10.7 Å². The van der Waals surface area contributed by atoms with Gasteiger partial charge >= 0.3 is 0 Å². The highest BCUT2D eigenvalue weighted by Gasteiger charge is 2.49. The van der Waals surface area contributed by atoms with Crippen LogP contribution in [0.1, 0.15) is 57.5 Å². The summed E-state index contributed by atoms with van der Waals surface area (Å²) in [6.45, 7) is 6.62. The SMILES string of the molecule is CC(C)(C)[C@H](NC(=O)C1(N)CC1)C(=O)N1CCC[C@H]1c1nc(-c2cccc3ccccc23)cs1. The first kappa shape index (κ1) is 23.0. The molecule has 1 saturated carbocycles. The number of thiazole rings is 1. The molecular weight excluding hydrogens is 444 g/mol. The number of carbonyl (C=O) groups is 2. The summed E-state index contributed by atoms with van der Waals surface area (Å²) in [5, 5.41) is 8.38. The number of hydrogen-bond acceptors (Lipinski definition) is 5. The molecular formula is C27H32N4O2S. The van der Waals surface area contributed by atoms with Gasteiger partial charge in [0.1, 0.15) is 11.0 Å². The molecule has 3 aromatic rings. The van der Waals surface area contributed by atoms with Gasteiger partial charge in [0.05, 0.1) is 17.3 Å². The number of benzene rings is 2. The second kappa shape index (κ2) is 8.47. The maximum absolute atomic E-state index is 13.8. The van der Waals surface area contributed by atoms with Crippen LogP contribution in [0, 0.1) is 5.41 Å². The van der Waals surface area contributed by atoms with Crippen molar-refractivity contribution >= 4 is 33.9 Å². The van der Waals surface area contributed by atoms with Crippen molar-refractivity contribution in [2.24, 2.45) is 11.1 Å². The molecule has 2 atom stereocenters. The number of hydrogen-bond donors (Lipinski definition) is 2. The van der Waals surface area contributed by atoms with E-state index in [0.29, 0.717) is 19.4 Å². The lowest BCUT2D eigenvalue weighted by atomic mass is 9.85. The van der Waals surface area contributed by atoms with E-state index in [2.05, 4.69) is 41.0 Å². The van der Waals surface area contributed by atoms with E-state index >= 15 is 0 Å². The number of aromatic nitrogens is 1. The van der Waals surface area contributed by atoms with Gasteiger partial charge in [-0.05, 0) is 41.9 Å². The van der Waals surface area contributed by atoms with Gasteiger partial charge in [0.15, 0.2) is 0 Å². The number of carbonyl (C=O) groups excluding carboxylic acids is 2. The molecule has 0 unspecified atom stereocenters. The molecule has 34 heavy (non-hydrogen) atoms. The average Bonchev–Trinajstić information content (AvgIpc) is 3.19. The molecule has 3 N–H and O–H groups in total. The Morgan fingerprint density at radius 1 is 1.18 bits per heavy atom. The Morgan fingerprint density at radius 2 is 1.91 bits per heavy atom. The van der Waals surface area contributed by atoms with Gasteiger partial charge in [0.2, 0.25) is 11.8 Å². The molecule has 0 radical (unpaired) electrons. The molecule has 6 nitrogen and oxygen atoms in total. The molecule has 2 heterocycles. The normalized spacial score (nSPS) is 20.4. The number of amides is 2. The van der Waals surface area contributed by atoms with Crippen molar-refractivity contribution in [3.8, 4) is 11.3 Å². The minimum Gasteiger partial charge on any atom is -0.342 e. The first-order valence-corrected chi connectivity index (χ1v) is 12.9. The summed E-state index contributed by atoms with van der Waals surface area (Å²) in [4.78, 5) is 33.4. The molecule has 0 bridgehead atoms. The van der Waals surface area contributed by atoms with Crippen molar-refractivity contribution in [1.82, 2.24) is 15.2 Å². The topological polar surface area (TPSA) is 88.3 Å². The first-order valence-electron chi connectivity index (χ1n) is 12.0. The summed E-state index contributed by atoms with van der Waals surface area (Å²) < 4.78 is 0. The predicted molar refractivity (Wildman–Crippen MR) is 136 cm³/mol. The molecule has 2 amide bonds. The van der Waals surface area contributed by atoms with Crippen LogP contribution in [0.15, 0.2) is 47.8 Å². The van der Waals surface area contributed by atoms with Crippen LogP contribution in [-0.2, 0) is 9.59 Å². The molecule has 1 aromatic heterocycles. The van der Waals surface area contributed by atoms with Crippen LogP contribution in [0.4, 0.5) is 0 Å². The van der Waals surface area contributed by atoms with Crippen molar-refractivity contribution < 1.29 is 9.59 Å². The monoisotopic (exact) mass is 476 g/mol. The number of nitrogens with zero attached hydrogens (tertiary/aromatic N) is 2. The highest BCUT2D eigenvalue weighted by atomic mass is 32.1. The van der Waals surface area contributed by atoms with Crippen molar-refractivity contribution in [1.29, 1.82) is 0 Å². The van der Waals surface area contributed by atoms with Crippen LogP contribution in [0.3, 0.4) is 0 Å². The predicted octanol–water partition coefficient (Wildman–Crippen LogP) is 4.65. The summed E-state index contributed by atoms with van der Waals surface area (Å²) in [6, 6.07) is 13.9. The summed E-state index contributed by atoms with van der Waals surface area (Å²) in [5.41, 5.74) is 6.91. The zero-order valence-electron chi connectivity index (χ0n) is 20.0. The van der Waals surface area contributed by atoms with Gasteiger partial charge in [0.25, 0.3) is 0 Å². The minimum absolute atomic E-state index is 0.0467. The van der Waals surface area contributed by atoms with Gasteiger partial charge in [-0.15, -0.1) is 11.3 Å². The molecule has 2 aromatic carbocycles.